The van der Waals surface area contributed by atoms with Crippen molar-refractivity contribution in [2.75, 3.05) is 0 Å². The molecule has 4 nitrogen and oxygen atoms in total. The van der Waals surface area contributed by atoms with Crippen molar-refractivity contribution in [2.45, 2.75) is 118 Å². The summed E-state index contributed by atoms with van der Waals surface area (Å²) in [6, 6.07) is 0. The lowest BCUT2D eigenvalue weighted by molar-refractivity contribution is -0.266. The summed E-state index contributed by atoms with van der Waals surface area (Å²) in [5.41, 5.74) is 1.26. The minimum Gasteiger partial charge on any atom is -0.458 e. The lowest BCUT2D eigenvalue weighted by Crippen LogP contribution is -2.71. The smallest absolute Gasteiger partial charge is 0.316 e. The summed E-state index contributed by atoms with van der Waals surface area (Å²) in [6.07, 6.45) is 9.85. The van der Waals surface area contributed by atoms with E-state index in [4.69, 9.17) is 4.74 Å². The van der Waals surface area contributed by atoms with Crippen LogP contribution in [-0.4, -0.2) is 34.5 Å². The molecule has 190 valence electrons. The molecule has 0 spiro atoms. The van der Waals surface area contributed by atoms with Crippen LogP contribution in [0.15, 0.2) is 11.6 Å². The van der Waals surface area contributed by atoms with Gasteiger partial charge >= 0.3 is 5.97 Å². The Balaban J connectivity index is 1.43. The monoisotopic (exact) mass is 470 g/mol. The lowest BCUT2D eigenvalue weighted by atomic mass is 9.33. The van der Waals surface area contributed by atoms with Crippen LogP contribution in [0.5, 0.6) is 0 Å². The van der Waals surface area contributed by atoms with Gasteiger partial charge in [0.15, 0.2) is 0 Å². The molecule has 0 unspecified atom stereocenters. The normalized spacial score (nSPS) is 59.7. The number of rotatable bonds is 0. The first-order chi connectivity index (χ1) is 15.7. The molecule has 5 fully saturated rings. The molecule has 0 amide bonds. The van der Waals surface area contributed by atoms with Crippen molar-refractivity contribution in [1.29, 1.82) is 0 Å². The van der Waals surface area contributed by atoms with Crippen LogP contribution in [0.3, 0.4) is 0 Å². The summed E-state index contributed by atoms with van der Waals surface area (Å²) in [5.74, 6) is 1.27. The molecule has 1 heterocycles. The van der Waals surface area contributed by atoms with E-state index in [2.05, 4.69) is 47.6 Å². The third-order valence-corrected chi connectivity index (χ3v) is 13.8. The number of allylic oxidation sites excluding steroid dienone is 2. The molecule has 2 N–H and O–H groups in total. The van der Waals surface area contributed by atoms with Crippen molar-refractivity contribution in [3.05, 3.63) is 11.6 Å². The number of fused-ring (bicyclic) bond motifs is 8. The van der Waals surface area contributed by atoms with Gasteiger partial charge in [0, 0.05) is 5.41 Å². The second-order valence-corrected chi connectivity index (χ2v) is 15.1. The minimum absolute atomic E-state index is 0.0357. The molecule has 0 aromatic heterocycles. The molecule has 0 radical (unpaired) electrons. The molecule has 4 saturated carbocycles. The zero-order chi connectivity index (χ0) is 24.7. The van der Waals surface area contributed by atoms with Crippen LogP contribution in [0.25, 0.3) is 0 Å². The Bertz CT molecular complexity index is 969. The summed E-state index contributed by atoms with van der Waals surface area (Å²) in [5, 5.41) is 22.4. The van der Waals surface area contributed by atoms with Crippen molar-refractivity contribution in [3.8, 4) is 0 Å². The molecule has 0 aromatic carbocycles. The summed E-state index contributed by atoms with van der Waals surface area (Å²) < 4.78 is 5.51. The molecule has 1 aliphatic heterocycles. The van der Waals surface area contributed by atoms with E-state index in [9.17, 15) is 15.0 Å². The fraction of sp³-hybridized carbons (Fsp3) is 0.900. The number of hydrogen-bond donors (Lipinski definition) is 2. The van der Waals surface area contributed by atoms with Gasteiger partial charge in [0.1, 0.15) is 11.5 Å². The molecule has 34 heavy (non-hydrogen) atoms. The predicted octanol–water partition coefficient (Wildman–Crippen LogP) is 5.66. The third kappa shape index (κ3) is 2.37. The molecule has 5 aliphatic carbocycles. The summed E-state index contributed by atoms with van der Waals surface area (Å²) in [7, 11) is 0. The topological polar surface area (TPSA) is 66.8 Å². The Morgan fingerprint density at radius 2 is 1.59 bits per heavy atom. The second kappa shape index (κ2) is 6.52. The number of aliphatic hydroxyl groups excluding tert-OH is 2. The molecule has 11 atom stereocenters. The average molecular weight is 471 g/mol. The van der Waals surface area contributed by atoms with Gasteiger partial charge in [0.25, 0.3) is 0 Å². The molecule has 0 aromatic rings. The van der Waals surface area contributed by atoms with E-state index in [0.717, 1.165) is 38.5 Å². The van der Waals surface area contributed by atoms with Gasteiger partial charge in [0.05, 0.1) is 12.2 Å². The van der Waals surface area contributed by atoms with E-state index in [1.807, 2.05) is 6.92 Å². The SMILES string of the molecule is CC1(C)[C@@H](O)CC[C@]2(C)[C@H]3CC=C4[C@H]5C[C@@]6(C)C(=O)O[C@H]6[C@H](O)[C@]5(C)CC[C@@]4(C)[C@]3(C)CC[C@@H]12. The van der Waals surface area contributed by atoms with Gasteiger partial charge in [-0.25, -0.2) is 0 Å². The molecule has 0 bridgehead atoms. The first-order valence-electron chi connectivity index (χ1n) is 13.9. The van der Waals surface area contributed by atoms with Crippen LogP contribution in [0, 0.1) is 50.2 Å². The molecular weight excluding hydrogens is 424 g/mol. The highest BCUT2D eigenvalue weighted by Crippen LogP contribution is 2.76. The highest BCUT2D eigenvalue weighted by atomic mass is 16.6. The first kappa shape index (κ1) is 23.5. The fourth-order valence-electron chi connectivity index (χ4n) is 11.1. The van der Waals surface area contributed by atoms with E-state index in [1.165, 1.54) is 18.4 Å². The van der Waals surface area contributed by atoms with Crippen molar-refractivity contribution < 1.29 is 19.7 Å². The predicted molar refractivity (Wildman–Crippen MR) is 132 cm³/mol. The Labute approximate surface area is 205 Å². The Morgan fingerprint density at radius 1 is 0.882 bits per heavy atom. The van der Waals surface area contributed by atoms with Gasteiger partial charge in [-0.15, -0.1) is 0 Å². The number of aliphatic hydroxyl groups is 2. The summed E-state index contributed by atoms with van der Waals surface area (Å²) in [4.78, 5) is 12.6. The van der Waals surface area contributed by atoms with Gasteiger partial charge in [-0.1, -0.05) is 53.2 Å². The van der Waals surface area contributed by atoms with Gasteiger partial charge in [-0.05, 0) is 97.7 Å². The van der Waals surface area contributed by atoms with Crippen LogP contribution >= 0.6 is 0 Å². The zero-order valence-corrected chi connectivity index (χ0v) is 22.4. The standard InChI is InChI=1S/C30H46O4/c1-25(2)19-10-13-30(7)20(27(19,4)12-11-21(25)31)9-8-17-18-16-28(5)23(34-24(28)33)22(32)26(18,3)14-15-29(17,30)6/h8,18-23,31-32H,9-16H2,1-7H3/t18-,19+,20-,21+,22+,23+,26-,27+,28-,29-,30-/m1/s1. The Kier molecular flexibility index (Phi) is 4.51. The number of esters is 1. The largest absolute Gasteiger partial charge is 0.458 e. The fourth-order valence-corrected chi connectivity index (χ4v) is 11.1. The maximum Gasteiger partial charge on any atom is 0.316 e. The van der Waals surface area contributed by atoms with E-state index in [0.29, 0.717) is 11.8 Å². The maximum absolute atomic E-state index is 12.6. The molecular formula is C30H46O4. The van der Waals surface area contributed by atoms with Crippen LogP contribution in [0.2, 0.25) is 0 Å². The van der Waals surface area contributed by atoms with Crippen molar-refractivity contribution >= 4 is 5.97 Å². The van der Waals surface area contributed by atoms with Crippen LogP contribution in [0.1, 0.15) is 99.8 Å². The van der Waals surface area contributed by atoms with Crippen molar-refractivity contribution in [1.82, 2.24) is 0 Å². The van der Waals surface area contributed by atoms with E-state index >= 15 is 0 Å². The highest BCUT2D eigenvalue weighted by molar-refractivity contribution is 5.83. The van der Waals surface area contributed by atoms with Crippen molar-refractivity contribution in [3.63, 3.8) is 0 Å². The third-order valence-electron chi connectivity index (χ3n) is 13.8. The Hall–Kier alpha value is -0.870. The minimum atomic E-state index is -0.584. The summed E-state index contributed by atoms with van der Waals surface area (Å²) >= 11 is 0. The molecule has 4 heteroatoms. The number of carbonyl (C=O) groups excluding carboxylic acids is 1. The second-order valence-electron chi connectivity index (χ2n) is 15.1. The Morgan fingerprint density at radius 3 is 2.26 bits per heavy atom. The van der Waals surface area contributed by atoms with Gasteiger partial charge < -0.3 is 14.9 Å². The number of hydrogen-bond acceptors (Lipinski definition) is 4. The van der Waals surface area contributed by atoms with Crippen LogP contribution in [-0.2, 0) is 9.53 Å². The summed E-state index contributed by atoms with van der Waals surface area (Å²) in [6.45, 7) is 16.5. The zero-order valence-electron chi connectivity index (χ0n) is 22.4. The quantitative estimate of drug-likeness (QED) is 0.354. The van der Waals surface area contributed by atoms with Crippen LogP contribution in [0.4, 0.5) is 0 Å². The van der Waals surface area contributed by atoms with E-state index < -0.39 is 11.5 Å². The van der Waals surface area contributed by atoms with E-state index in [1.54, 1.807) is 0 Å². The lowest BCUT2D eigenvalue weighted by Gasteiger charge is -2.72. The molecule has 6 aliphatic rings. The van der Waals surface area contributed by atoms with Gasteiger partial charge in [-0.3, -0.25) is 4.79 Å². The average Bonchev–Trinajstić information content (AvgIpc) is 2.76. The molecule has 1 saturated heterocycles. The van der Waals surface area contributed by atoms with Gasteiger partial charge in [0.2, 0.25) is 0 Å². The van der Waals surface area contributed by atoms with Gasteiger partial charge in [-0.2, -0.15) is 0 Å². The van der Waals surface area contributed by atoms with Crippen molar-refractivity contribution in [2.24, 2.45) is 50.2 Å². The van der Waals surface area contributed by atoms with Crippen LogP contribution < -0.4 is 0 Å². The molecule has 6 rings (SSSR count). The van der Waals surface area contributed by atoms with E-state index in [-0.39, 0.29) is 51.2 Å². The first-order valence-corrected chi connectivity index (χ1v) is 13.9. The maximum atomic E-state index is 12.6. The number of carbonyl (C=O) groups is 1. The number of ether oxygens (including phenoxy) is 1. The highest BCUT2D eigenvalue weighted by Gasteiger charge is 2.72.